The summed E-state index contributed by atoms with van der Waals surface area (Å²) in [6.07, 6.45) is 1.99. The number of hydrogen-bond donors (Lipinski definition) is 2. The highest BCUT2D eigenvalue weighted by atomic mass is 16.7. The van der Waals surface area contributed by atoms with E-state index in [9.17, 15) is 19.2 Å². The number of carbonyl (C=O) groups is 4. The Morgan fingerprint density at radius 2 is 1.51 bits per heavy atom. The molecule has 3 aromatic rings. The Balaban J connectivity index is 1.64. The van der Waals surface area contributed by atoms with E-state index in [1.165, 1.54) is 7.11 Å². The topological polar surface area (TPSA) is 111 Å². The number of nitrogens with one attached hydrogen (secondary N) is 2. The second-order valence-corrected chi connectivity index (χ2v) is 11.8. The van der Waals surface area contributed by atoms with Crippen molar-refractivity contribution in [3.8, 4) is 0 Å². The zero-order valence-corrected chi connectivity index (χ0v) is 25.7. The number of hydroxylamine groups is 1. The number of hydrogen-bond acceptors (Lipinski definition) is 6. The van der Waals surface area contributed by atoms with Gasteiger partial charge in [-0.1, -0.05) is 72.8 Å². The summed E-state index contributed by atoms with van der Waals surface area (Å²) in [5.74, 6) is -2.32. The fourth-order valence-electron chi connectivity index (χ4n) is 4.86. The van der Waals surface area contributed by atoms with Gasteiger partial charge in [-0.25, -0.2) is 5.48 Å². The standard InChI is InChI=1S/C35H44N2O6/c1-35(2,3)43-37-33(40)23-28(22-29(38)18-10-14-25-12-6-5-7-13-25)34(41)36-31(24-42-4)32(39)21-20-27-17-11-16-26-15-8-9-19-30(26)27/h5-9,11-13,15-17,19,28,31H,10,14,18,20-24H2,1-4H3,(H,36,41)(H,37,40)/t28-,31-/m0/s1. The van der Waals surface area contributed by atoms with Crippen LogP contribution in [0, 0.1) is 5.92 Å². The predicted molar refractivity (Wildman–Crippen MR) is 167 cm³/mol. The second-order valence-electron chi connectivity index (χ2n) is 11.8. The zero-order valence-electron chi connectivity index (χ0n) is 25.7. The molecule has 0 fully saturated rings. The zero-order chi connectivity index (χ0) is 31.2. The largest absolute Gasteiger partial charge is 0.382 e. The van der Waals surface area contributed by atoms with E-state index in [4.69, 9.17) is 9.57 Å². The molecule has 8 heteroatoms. The molecule has 0 aromatic heterocycles. The Labute approximate surface area is 254 Å². The molecule has 0 radical (unpaired) electrons. The van der Waals surface area contributed by atoms with Crippen LogP contribution in [0.3, 0.4) is 0 Å². The quantitative estimate of drug-likeness (QED) is 0.207. The number of benzene rings is 3. The van der Waals surface area contributed by atoms with Crippen molar-refractivity contribution in [2.45, 2.75) is 77.4 Å². The van der Waals surface area contributed by atoms with Crippen LogP contribution in [0.15, 0.2) is 72.8 Å². The fraction of sp³-hybridized carbons (Fsp3) is 0.429. The average molecular weight is 589 g/mol. The highest BCUT2D eigenvalue weighted by Crippen LogP contribution is 2.20. The van der Waals surface area contributed by atoms with Gasteiger partial charge in [0.15, 0.2) is 5.78 Å². The van der Waals surface area contributed by atoms with E-state index in [-0.39, 0.29) is 43.9 Å². The third-order valence-electron chi connectivity index (χ3n) is 7.07. The normalized spacial score (nSPS) is 12.8. The lowest BCUT2D eigenvalue weighted by atomic mass is 9.93. The minimum Gasteiger partial charge on any atom is -0.382 e. The number of Topliss-reactive ketones (excluding diaryl/α,β-unsaturated/α-hetero) is 2. The Morgan fingerprint density at radius 3 is 2.23 bits per heavy atom. The molecule has 0 bridgehead atoms. The third kappa shape index (κ3) is 11.7. The van der Waals surface area contributed by atoms with Gasteiger partial charge in [-0.05, 0) is 61.9 Å². The molecule has 0 saturated heterocycles. The van der Waals surface area contributed by atoms with Crippen molar-refractivity contribution in [2.24, 2.45) is 5.92 Å². The number of rotatable bonds is 17. The van der Waals surface area contributed by atoms with E-state index in [1.807, 2.05) is 72.8 Å². The van der Waals surface area contributed by atoms with Gasteiger partial charge in [0, 0.05) is 32.8 Å². The molecule has 2 N–H and O–H groups in total. The van der Waals surface area contributed by atoms with Gasteiger partial charge in [-0.2, -0.15) is 0 Å². The Bertz CT molecular complexity index is 1360. The van der Waals surface area contributed by atoms with Gasteiger partial charge >= 0.3 is 0 Å². The maximum absolute atomic E-state index is 13.5. The van der Waals surface area contributed by atoms with Crippen LogP contribution < -0.4 is 10.8 Å². The Hall–Kier alpha value is -3.88. The lowest BCUT2D eigenvalue weighted by Crippen LogP contribution is -2.47. The molecular weight excluding hydrogens is 544 g/mol. The van der Waals surface area contributed by atoms with Crippen molar-refractivity contribution in [1.82, 2.24) is 10.8 Å². The van der Waals surface area contributed by atoms with E-state index >= 15 is 0 Å². The van der Waals surface area contributed by atoms with E-state index in [0.717, 1.165) is 28.3 Å². The van der Waals surface area contributed by atoms with Crippen LogP contribution in [0.2, 0.25) is 0 Å². The van der Waals surface area contributed by atoms with Gasteiger partial charge in [0.2, 0.25) is 11.8 Å². The molecule has 3 rings (SSSR count). The van der Waals surface area contributed by atoms with Crippen molar-refractivity contribution < 1.29 is 28.8 Å². The Kier molecular flexibility index (Phi) is 13.0. The van der Waals surface area contributed by atoms with Crippen LogP contribution in [-0.2, 0) is 41.6 Å². The summed E-state index contributed by atoms with van der Waals surface area (Å²) in [5.41, 5.74) is 3.93. The van der Waals surface area contributed by atoms with Crippen LogP contribution in [-0.4, -0.2) is 48.7 Å². The van der Waals surface area contributed by atoms with Crippen molar-refractivity contribution >= 4 is 34.2 Å². The lowest BCUT2D eigenvalue weighted by Gasteiger charge is -2.23. The van der Waals surface area contributed by atoms with Gasteiger partial charge in [-0.3, -0.25) is 24.0 Å². The first-order valence-electron chi connectivity index (χ1n) is 14.9. The molecule has 0 aliphatic rings. The third-order valence-corrected chi connectivity index (χ3v) is 7.07. The molecule has 0 aliphatic heterocycles. The number of ether oxygens (including phenoxy) is 1. The first-order valence-corrected chi connectivity index (χ1v) is 14.9. The van der Waals surface area contributed by atoms with Crippen molar-refractivity contribution in [3.63, 3.8) is 0 Å². The fourth-order valence-corrected chi connectivity index (χ4v) is 4.86. The van der Waals surface area contributed by atoms with E-state index < -0.39 is 29.4 Å². The molecule has 8 nitrogen and oxygen atoms in total. The van der Waals surface area contributed by atoms with Gasteiger partial charge in [0.1, 0.15) is 11.8 Å². The molecule has 0 unspecified atom stereocenters. The molecular formula is C35H44N2O6. The minimum atomic E-state index is -0.960. The van der Waals surface area contributed by atoms with E-state index in [1.54, 1.807) is 20.8 Å². The summed E-state index contributed by atoms with van der Waals surface area (Å²) < 4.78 is 5.26. The molecule has 230 valence electrons. The summed E-state index contributed by atoms with van der Waals surface area (Å²) >= 11 is 0. The van der Waals surface area contributed by atoms with Gasteiger partial charge in [0.25, 0.3) is 0 Å². The second kappa shape index (κ2) is 16.7. The number of ketones is 2. The van der Waals surface area contributed by atoms with Crippen molar-refractivity contribution in [2.75, 3.05) is 13.7 Å². The molecule has 43 heavy (non-hydrogen) atoms. The van der Waals surface area contributed by atoms with E-state index in [2.05, 4.69) is 10.8 Å². The molecule has 0 saturated carbocycles. The Morgan fingerprint density at radius 1 is 0.814 bits per heavy atom. The highest BCUT2D eigenvalue weighted by Gasteiger charge is 2.29. The van der Waals surface area contributed by atoms with Crippen LogP contribution >= 0.6 is 0 Å². The first kappa shape index (κ1) is 33.6. The highest BCUT2D eigenvalue weighted by molar-refractivity contribution is 5.94. The summed E-state index contributed by atoms with van der Waals surface area (Å²) in [4.78, 5) is 57.7. The summed E-state index contributed by atoms with van der Waals surface area (Å²) in [6.45, 7) is 5.34. The maximum Gasteiger partial charge on any atom is 0.244 e. The van der Waals surface area contributed by atoms with Crippen molar-refractivity contribution in [3.05, 3.63) is 83.9 Å². The molecule has 0 spiro atoms. The summed E-state index contributed by atoms with van der Waals surface area (Å²) in [6, 6.07) is 22.9. The molecule has 0 heterocycles. The van der Waals surface area contributed by atoms with Gasteiger partial charge in [-0.15, -0.1) is 0 Å². The molecule has 2 atom stereocenters. The lowest BCUT2D eigenvalue weighted by molar-refractivity contribution is -0.148. The van der Waals surface area contributed by atoms with Crippen LogP contribution in [0.5, 0.6) is 0 Å². The smallest absolute Gasteiger partial charge is 0.244 e. The number of methoxy groups -OCH3 is 1. The predicted octanol–water partition coefficient (Wildman–Crippen LogP) is 5.31. The van der Waals surface area contributed by atoms with Crippen LogP contribution in [0.1, 0.15) is 64.0 Å². The first-order chi connectivity index (χ1) is 20.6. The van der Waals surface area contributed by atoms with Gasteiger partial charge < -0.3 is 10.1 Å². The average Bonchev–Trinajstić information content (AvgIpc) is 2.98. The van der Waals surface area contributed by atoms with Crippen LogP contribution in [0.25, 0.3) is 10.8 Å². The maximum atomic E-state index is 13.5. The minimum absolute atomic E-state index is 0.0167. The van der Waals surface area contributed by atoms with Crippen molar-refractivity contribution in [1.29, 1.82) is 0 Å². The number of aryl methyl sites for hydroxylation is 2. The van der Waals surface area contributed by atoms with E-state index in [0.29, 0.717) is 12.8 Å². The summed E-state index contributed by atoms with van der Waals surface area (Å²) in [5, 5.41) is 4.95. The number of carbonyl (C=O) groups excluding carboxylic acids is 4. The SMILES string of the molecule is COC[C@H](NC(=O)[C@@H](CC(=O)CCCc1ccccc1)CC(=O)NOC(C)(C)C)C(=O)CCc1cccc2ccccc12. The molecule has 3 aromatic carbocycles. The molecule has 2 amide bonds. The number of amides is 2. The monoisotopic (exact) mass is 588 g/mol. The van der Waals surface area contributed by atoms with Crippen LogP contribution in [0.4, 0.5) is 0 Å². The molecule has 0 aliphatic carbocycles. The summed E-state index contributed by atoms with van der Waals surface area (Å²) in [7, 11) is 1.46. The number of fused-ring (bicyclic) bond motifs is 1. The van der Waals surface area contributed by atoms with Gasteiger partial charge in [0.05, 0.1) is 18.1 Å².